The van der Waals surface area contributed by atoms with Crippen molar-refractivity contribution in [3.63, 3.8) is 0 Å². The van der Waals surface area contributed by atoms with Gasteiger partial charge in [-0.2, -0.15) is 10.4 Å². The Bertz CT molecular complexity index is 1230. The Labute approximate surface area is 186 Å². The van der Waals surface area contributed by atoms with Gasteiger partial charge in [0.1, 0.15) is 11.8 Å². The van der Waals surface area contributed by atoms with Crippen molar-refractivity contribution in [1.29, 1.82) is 5.26 Å². The van der Waals surface area contributed by atoms with Crippen molar-refractivity contribution in [3.05, 3.63) is 71.3 Å². The lowest BCUT2D eigenvalue weighted by Crippen LogP contribution is -2.17. The molecule has 2 amide bonds. The highest BCUT2D eigenvalue weighted by molar-refractivity contribution is 6.08. The SMILES string of the molecule is CC(C)CCC(=O)Nc1ccc(/C=N/NC(=O)c2ccc(O)c(C#N)c2)c2ccccc12. The van der Waals surface area contributed by atoms with Crippen molar-refractivity contribution in [2.24, 2.45) is 11.0 Å². The first-order chi connectivity index (χ1) is 15.4. The fourth-order valence-corrected chi connectivity index (χ4v) is 3.17. The molecule has 0 heterocycles. The molecule has 0 bridgehead atoms. The van der Waals surface area contributed by atoms with E-state index in [0.29, 0.717) is 12.3 Å². The summed E-state index contributed by atoms with van der Waals surface area (Å²) in [4.78, 5) is 24.6. The third kappa shape index (κ3) is 5.49. The molecule has 0 unspecified atom stereocenters. The molecule has 0 saturated carbocycles. The molecular weight excluding hydrogens is 404 g/mol. The number of anilines is 1. The van der Waals surface area contributed by atoms with Crippen LogP contribution in [0.4, 0.5) is 5.69 Å². The van der Waals surface area contributed by atoms with E-state index < -0.39 is 5.91 Å². The number of amides is 2. The van der Waals surface area contributed by atoms with Crippen LogP contribution >= 0.6 is 0 Å². The van der Waals surface area contributed by atoms with Crippen LogP contribution in [0.5, 0.6) is 5.75 Å². The number of carbonyl (C=O) groups is 2. The lowest BCUT2D eigenvalue weighted by Gasteiger charge is -2.11. The maximum absolute atomic E-state index is 12.3. The molecule has 7 heteroatoms. The van der Waals surface area contributed by atoms with Crippen LogP contribution in [0.15, 0.2) is 59.7 Å². The van der Waals surface area contributed by atoms with E-state index in [9.17, 15) is 14.7 Å². The van der Waals surface area contributed by atoms with Crippen LogP contribution in [-0.2, 0) is 4.79 Å². The fourth-order valence-electron chi connectivity index (χ4n) is 3.17. The van der Waals surface area contributed by atoms with Gasteiger partial charge in [-0.25, -0.2) is 5.43 Å². The number of rotatable bonds is 7. The first-order valence-corrected chi connectivity index (χ1v) is 10.3. The normalized spacial score (nSPS) is 10.9. The number of nitrogens with zero attached hydrogens (tertiary/aromatic N) is 2. The quantitative estimate of drug-likeness (QED) is 0.378. The number of benzene rings is 3. The van der Waals surface area contributed by atoms with Gasteiger partial charge in [0, 0.05) is 28.6 Å². The number of hydrazone groups is 1. The van der Waals surface area contributed by atoms with Gasteiger partial charge >= 0.3 is 0 Å². The Morgan fingerprint density at radius 1 is 1.12 bits per heavy atom. The van der Waals surface area contributed by atoms with E-state index in [1.807, 2.05) is 42.5 Å². The summed E-state index contributed by atoms with van der Waals surface area (Å²) in [5, 5.41) is 27.3. The summed E-state index contributed by atoms with van der Waals surface area (Å²) in [7, 11) is 0. The van der Waals surface area contributed by atoms with Gasteiger partial charge in [0.25, 0.3) is 5.91 Å². The first kappa shape index (κ1) is 22.5. The second-order valence-electron chi connectivity index (χ2n) is 7.77. The van der Waals surface area contributed by atoms with Gasteiger partial charge in [0.15, 0.2) is 0 Å². The summed E-state index contributed by atoms with van der Waals surface area (Å²) >= 11 is 0. The largest absolute Gasteiger partial charge is 0.507 e. The van der Waals surface area contributed by atoms with Crippen molar-refractivity contribution >= 4 is 34.5 Å². The zero-order valence-corrected chi connectivity index (χ0v) is 17.9. The van der Waals surface area contributed by atoms with Crippen LogP contribution in [-0.4, -0.2) is 23.1 Å². The molecule has 0 spiro atoms. The van der Waals surface area contributed by atoms with Crippen LogP contribution in [0, 0.1) is 17.2 Å². The van der Waals surface area contributed by atoms with Gasteiger partial charge in [-0.1, -0.05) is 44.2 Å². The van der Waals surface area contributed by atoms with E-state index in [-0.39, 0.29) is 22.8 Å². The van der Waals surface area contributed by atoms with Crippen LogP contribution in [0.2, 0.25) is 0 Å². The molecule has 3 aromatic rings. The van der Waals surface area contributed by atoms with Crippen LogP contribution in [0.3, 0.4) is 0 Å². The number of phenolic OH excluding ortho intramolecular Hbond substituents is 1. The number of fused-ring (bicyclic) bond motifs is 1. The predicted molar refractivity (Wildman–Crippen MR) is 125 cm³/mol. The minimum atomic E-state index is -0.504. The topological polar surface area (TPSA) is 115 Å². The Kier molecular flexibility index (Phi) is 7.19. The molecule has 32 heavy (non-hydrogen) atoms. The minimum absolute atomic E-state index is 0.0126. The van der Waals surface area contributed by atoms with Gasteiger partial charge < -0.3 is 10.4 Å². The zero-order chi connectivity index (χ0) is 23.1. The maximum atomic E-state index is 12.3. The smallest absolute Gasteiger partial charge is 0.271 e. The Morgan fingerprint density at radius 3 is 2.59 bits per heavy atom. The highest BCUT2D eigenvalue weighted by Gasteiger charge is 2.10. The van der Waals surface area contributed by atoms with E-state index in [1.165, 1.54) is 24.4 Å². The number of nitrogens with one attached hydrogen (secondary N) is 2. The van der Waals surface area contributed by atoms with Crippen LogP contribution in [0.1, 0.15) is 48.2 Å². The summed E-state index contributed by atoms with van der Waals surface area (Å²) in [5.41, 5.74) is 4.14. The molecule has 0 radical (unpaired) electrons. The number of aromatic hydroxyl groups is 1. The third-order valence-electron chi connectivity index (χ3n) is 4.93. The zero-order valence-electron chi connectivity index (χ0n) is 17.9. The molecule has 0 aromatic heterocycles. The molecule has 3 aromatic carbocycles. The molecule has 3 rings (SSSR count). The van der Waals surface area contributed by atoms with Crippen molar-refractivity contribution in [1.82, 2.24) is 5.43 Å². The molecule has 0 saturated heterocycles. The van der Waals surface area contributed by atoms with Crippen LogP contribution < -0.4 is 10.7 Å². The summed E-state index contributed by atoms with van der Waals surface area (Å²) in [6.45, 7) is 4.17. The summed E-state index contributed by atoms with van der Waals surface area (Å²) in [6, 6.07) is 17.1. The molecular formula is C25H24N4O3. The summed E-state index contributed by atoms with van der Waals surface area (Å²) in [5.74, 6) is -0.256. The van der Waals surface area contributed by atoms with E-state index in [0.717, 1.165) is 28.4 Å². The lowest BCUT2D eigenvalue weighted by atomic mass is 10.0. The number of nitriles is 1. The Balaban J connectivity index is 1.77. The molecule has 0 fully saturated rings. The van der Waals surface area contributed by atoms with Crippen molar-refractivity contribution in [2.45, 2.75) is 26.7 Å². The second kappa shape index (κ2) is 10.2. The minimum Gasteiger partial charge on any atom is -0.507 e. The maximum Gasteiger partial charge on any atom is 0.271 e. The number of hydrogen-bond acceptors (Lipinski definition) is 5. The van der Waals surface area contributed by atoms with Crippen molar-refractivity contribution in [2.75, 3.05) is 5.32 Å². The average Bonchev–Trinajstić information content (AvgIpc) is 2.79. The number of carbonyl (C=O) groups excluding carboxylic acids is 2. The van der Waals surface area contributed by atoms with Gasteiger partial charge in [0.2, 0.25) is 5.91 Å². The molecule has 0 aliphatic heterocycles. The second-order valence-corrected chi connectivity index (χ2v) is 7.77. The summed E-state index contributed by atoms with van der Waals surface area (Å²) in [6.07, 6.45) is 2.81. The molecule has 0 aliphatic carbocycles. The third-order valence-corrected chi connectivity index (χ3v) is 4.93. The van der Waals surface area contributed by atoms with E-state index in [1.54, 1.807) is 0 Å². The standard InChI is InChI=1S/C25H24N4O3/c1-16(2)7-12-24(31)28-22-10-8-18(20-5-3-4-6-21(20)22)15-27-29-25(32)17-9-11-23(30)19(13-17)14-26/h3-6,8-11,13,15-16,30H,7,12H2,1-2H3,(H,28,31)(H,29,32)/b27-15+. The average molecular weight is 428 g/mol. The highest BCUT2D eigenvalue weighted by atomic mass is 16.3. The molecule has 162 valence electrons. The van der Waals surface area contributed by atoms with E-state index in [4.69, 9.17) is 5.26 Å². The fraction of sp³-hybridized carbons (Fsp3) is 0.200. The Morgan fingerprint density at radius 2 is 1.88 bits per heavy atom. The first-order valence-electron chi connectivity index (χ1n) is 10.3. The lowest BCUT2D eigenvalue weighted by molar-refractivity contribution is -0.116. The predicted octanol–water partition coefficient (Wildman–Crippen LogP) is 4.56. The monoisotopic (exact) mass is 428 g/mol. The van der Waals surface area contributed by atoms with Crippen molar-refractivity contribution in [3.8, 4) is 11.8 Å². The molecule has 7 nitrogen and oxygen atoms in total. The van der Waals surface area contributed by atoms with E-state index >= 15 is 0 Å². The number of hydrogen-bond donors (Lipinski definition) is 3. The number of phenols is 1. The molecule has 0 aliphatic rings. The van der Waals surface area contributed by atoms with Gasteiger partial charge in [0.05, 0.1) is 11.8 Å². The van der Waals surface area contributed by atoms with Gasteiger partial charge in [-0.3, -0.25) is 9.59 Å². The van der Waals surface area contributed by atoms with Gasteiger partial charge in [-0.15, -0.1) is 0 Å². The Hall–Kier alpha value is -4.18. The van der Waals surface area contributed by atoms with E-state index in [2.05, 4.69) is 29.7 Å². The van der Waals surface area contributed by atoms with Gasteiger partial charge in [-0.05, 0) is 42.0 Å². The van der Waals surface area contributed by atoms with Crippen LogP contribution in [0.25, 0.3) is 10.8 Å². The highest BCUT2D eigenvalue weighted by Crippen LogP contribution is 2.26. The molecule has 0 atom stereocenters. The summed E-state index contributed by atoms with van der Waals surface area (Å²) < 4.78 is 0. The molecule has 3 N–H and O–H groups in total. The van der Waals surface area contributed by atoms with Crippen molar-refractivity contribution < 1.29 is 14.7 Å².